The third-order valence-electron chi connectivity index (χ3n) is 3.27. The molecule has 1 aliphatic rings. The first kappa shape index (κ1) is 11.9. The predicted octanol–water partition coefficient (Wildman–Crippen LogP) is 4.19. The van der Waals surface area contributed by atoms with E-state index in [0.717, 1.165) is 23.1 Å². The lowest BCUT2D eigenvalue weighted by atomic mass is 9.76. The van der Waals surface area contributed by atoms with Crippen LogP contribution in [-0.2, 0) is 0 Å². The molecule has 88 valence electrons. The highest BCUT2D eigenvalue weighted by atomic mass is 79.9. The number of aromatic nitrogens is 1. The summed E-state index contributed by atoms with van der Waals surface area (Å²) in [5.41, 5.74) is 0.495. The number of ether oxygens (including phenoxy) is 1. The minimum absolute atomic E-state index is 0.365. The molecule has 0 aliphatic heterocycles. The van der Waals surface area contributed by atoms with Crippen LogP contribution in [0.4, 0.5) is 0 Å². The normalized spacial score (nSPS) is 20.7. The highest BCUT2D eigenvalue weighted by Gasteiger charge is 2.27. The molecule has 1 aliphatic carbocycles. The van der Waals surface area contributed by atoms with Crippen molar-refractivity contribution < 1.29 is 4.74 Å². The third-order valence-corrected chi connectivity index (χ3v) is 3.70. The van der Waals surface area contributed by atoms with Crippen LogP contribution in [0, 0.1) is 5.41 Å². The fraction of sp³-hybridized carbons (Fsp3) is 0.615. The Hall–Kier alpha value is -0.570. The van der Waals surface area contributed by atoms with Crippen LogP contribution in [-0.4, -0.2) is 11.1 Å². The van der Waals surface area contributed by atoms with E-state index in [2.05, 4.69) is 34.8 Å². The zero-order chi connectivity index (χ0) is 11.6. The van der Waals surface area contributed by atoms with Crippen LogP contribution < -0.4 is 4.74 Å². The summed E-state index contributed by atoms with van der Waals surface area (Å²) in [4.78, 5) is 4.11. The molecule has 3 heteroatoms. The Morgan fingerprint density at radius 1 is 1.31 bits per heavy atom. The van der Waals surface area contributed by atoms with E-state index >= 15 is 0 Å². The molecule has 16 heavy (non-hydrogen) atoms. The standard InChI is InChI=1S/C13H18BrNO/c1-13(2)5-3-11(4-6-13)16-12-7-10(14)8-15-9-12/h7-9,11H,3-6H2,1-2H3. The summed E-state index contributed by atoms with van der Waals surface area (Å²) >= 11 is 3.40. The first-order valence-corrected chi connectivity index (χ1v) is 6.62. The Bertz CT molecular complexity index is 355. The first-order chi connectivity index (χ1) is 7.55. The number of halogens is 1. The molecule has 1 saturated carbocycles. The average molecular weight is 284 g/mol. The molecule has 0 radical (unpaired) electrons. The summed E-state index contributed by atoms with van der Waals surface area (Å²) < 4.78 is 6.91. The van der Waals surface area contributed by atoms with Crippen molar-refractivity contribution in [3.8, 4) is 5.75 Å². The van der Waals surface area contributed by atoms with E-state index in [4.69, 9.17) is 4.74 Å². The maximum atomic E-state index is 5.94. The van der Waals surface area contributed by atoms with Crippen molar-refractivity contribution in [3.63, 3.8) is 0 Å². The van der Waals surface area contributed by atoms with Gasteiger partial charge >= 0.3 is 0 Å². The van der Waals surface area contributed by atoms with Gasteiger partial charge in [0.15, 0.2) is 0 Å². The van der Waals surface area contributed by atoms with Crippen LogP contribution in [0.1, 0.15) is 39.5 Å². The quantitative estimate of drug-likeness (QED) is 0.812. The molecule has 0 bridgehead atoms. The maximum Gasteiger partial charge on any atom is 0.139 e. The van der Waals surface area contributed by atoms with Gasteiger partial charge in [0, 0.05) is 10.7 Å². The van der Waals surface area contributed by atoms with Crippen LogP contribution >= 0.6 is 15.9 Å². The van der Waals surface area contributed by atoms with Gasteiger partial charge in [-0.1, -0.05) is 13.8 Å². The van der Waals surface area contributed by atoms with Crippen molar-refractivity contribution >= 4 is 15.9 Å². The van der Waals surface area contributed by atoms with E-state index in [1.807, 2.05) is 6.07 Å². The van der Waals surface area contributed by atoms with E-state index in [-0.39, 0.29) is 0 Å². The van der Waals surface area contributed by atoms with E-state index in [0.29, 0.717) is 11.5 Å². The zero-order valence-electron chi connectivity index (χ0n) is 9.87. The molecule has 1 aromatic heterocycles. The van der Waals surface area contributed by atoms with Crippen molar-refractivity contribution in [1.29, 1.82) is 0 Å². The zero-order valence-corrected chi connectivity index (χ0v) is 11.5. The molecule has 0 atom stereocenters. The third kappa shape index (κ3) is 3.21. The maximum absolute atomic E-state index is 5.94. The monoisotopic (exact) mass is 283 g/mol. The Labute approximate surface area is 106 Å². The lowest BCUT2D eigenvalue weighted by Gasteiger charge is -2.34. The predicted molar refractivity (Wildman–Crippen MR) is 68.6 cm³/mol. The van der Waals surface area contributed by atoms with Gasteiger partial charge in [0.1, 0.15) is 5.75 Å². The highest BCUT2D eigenvalue weighted by Crippen LogP contribution is 2.36. The Morgan fingerprint density at radius 2 is 2.00 bits per heavy atom. The van der Waals surface area contributed by atoms with Crippen molar-refractivity contribution in [2.75, 3.05) is 0 Å². The number of nitrogens with zero attached hydrogens (tertiary/aromatic N) is 1. The molecule has 0 amide bonds. The summed E-state index contributed by atoms with van der Waals surface area (Å²) in [5, 5.41) is 0. The van der Waals surface area contributed by atoms with Gasteiger partial charge in [-0.05, 0) is 53.1 Å². The molecule has 1 fully saturated rings. The second-order valence-corrected chi connectivity index (χ2v) is 6.24. The lowest BCUT2D eigenvalue weighted by molar-refractivity contribution is 0.0984. The molecule has 0 N–H and O–H groups in total. The number of pyridine rings is 1. The number of rotatable bonds is 2. The minimum Gasteiger partial charge on any atom is -0.489 e. The number of hydrogen-bond acceptors (Lipinski definition) is 2. The molecule has 0 aromatic carbocycles. The second kappa shape index (κ2) is 4.74. The molecule has 2 rings (SSSR count). The average Bonchev–Trinajstić information content (AvgIpc) is 2.21. The highest BCUT2D eigenvalue weighted by molar-refractivity contribution is 9.10. The fourth-order valence-corrected chi connectivity index (χ4v) is 2.48. The summed E-state index contributed by atoms with van der Waals surface area (Å²) in [6.45, 7) is 4.67. The van der Waals surface area contributed by atoms with E-state index < -0.39 is 0 Å². The summed E-state index contributed by atoms with van der Waals surface area (Å²) in [6.07, 6.45) is 8.72. The van der Waals surface area contributed by atoms with Gasteiger partial charge in [0.25, 0.3) is 0 Å². The smallest absolute Gasteiger partial charge is 0.139 e. The SMILES string of the molecule is CC1(C)CCC(Oc2cncc(Br)c2)CC1. The van der Waals surface area contributed by atoms with Crippen LogP contribution in [0.15, 0.2) is 22.9 Å². The van der Waals surface area contributed by atoms with Gasteiger partial charge in [-0.3, -0.25) is 4.98 Å². The van der Waals surface area contributed by atoms with Crippen LogP contribution in [0.25, 0.3) is 0 Å². The van der Waals surface area contributed by atoms with Gasteiger partial charge < -0.3 is 4.74 Å². The largest absolute Gasteiger partial charge is 0.489 e. The molecular weight excluding hydrogens is 266 g/mol. The molecule has 0 saturated heterocycles. The summed E-state index contributed by atoms with van der Waals surface area (Å²) in [6, 6.07) is 1.98. The van der Waals surface area contributed by atoms with Gasteiger partial charge in [-0.2, -0.15) is 0 Å². The fourth-order valence-electron chi connectivity index (χ4n) is 2.14. The Balaban J connectivity index is 1.92. The molecule has 2 nitrogen and oxygen atoms in total. The Kier molecular flexibility index (Phi) is 3.53. The van der Waals surface area contributed by atoms with Gasteiger partial charge in [0.05, 0.1) is 12.3 Å². The minimum atomic E-state index is 0.365. The van der Waals surface area contributed by atoms with Crippen molar-refractivity contribution in [2.45, 2.75) is 45.6 Å². The van der Waals surface area contributed by atoms with Crippen molar-refractivity contribution in [3.05, 3.63) is 22.9 Å². The summed E-state index contributed by atoms with van der Waals surface area (Å²) in [7, 11) is 0. The molecule has 0 unspecified atom stereocenters. The van der Waals surface area contributed by atoms with Crippen LogP contribution in [0.2, 0.25) is 0 Å². The molecule has 1 heterocycles. The first-order valence-electron chi connectivity index (χ1n) is 5.82. The topological polar surface area (TPSA) is 22.1 Å². The van der Waals surface area contributed by atoms with Gasteiger partial charge in [-0.15, -0.1) is 0 Å². The van der Waals surface area contributed by atoms with Crippen molar-refractivity contribution in [1.82, 2.24) is 4.98 Å². The Morgan fingerprint density at radius 3 is 2.62 bits per heavy atom. The van der Waals surface area contributed by atoms with Crippen molar-refractivity contribution in [2.24, 2.45) is 5.41 Å². The molecule has 1 aromatic rings. The van der Waals surface area contributed by atoms with E-state index in [9.17, 15) is 0 Å². The lowest BCUT2D eigenvalue weighted by Crippen LogP contribution is -2.28. The summed E-state index contributed by atoms with van der Waals surface area (Å²) in [5.74, 6) is 0.874. The van der Waals surface area contributed by atoms with E-state index in [1.54, 1.807) is 12.4 Å². The van der Waals surface area contributed by atoms with Gasteiger partial charge in [0.2, 0.25) is 0 Å². The molecule has 0 spiro atoms. The van der Waals surface area contributed by atoms with Crippen LogP contribution in [0.5, 0.6) is 5.75 Å². The van der Waals surface area contributed by atoms with Gasteiger partial charge in [-0.25, -0.2) is 0 Å². The van der Waals surface area contributed by atoms with E-state index in [1.165, 1.54) is 12.8 Å². The van der Waals surface area contributed by atoms with Crippen LogP contribution in [0.3, 0.4) is 0 Å². The molecular formula is C13H18BrNO. The second-order valence-electron chi connectivity index (χ2n) is 5.32. The number of hydrogen-bond donors (Lipinski definition) is 0.